The van der Waals surface area contributed by atoms with Gasteiger partial charge in [0.25, 0.3) is 0 Å². The lowest BCUT2D eigenvalue weighted by molar-refractivity contribution is 0.0456. The maximum atomic E-state index is 10.1. The average molecular weight is 223 g/mol. The molecule has 0 aromatic carbocycles. The third-order valence-electron chi connectivity index (χ3n) is 3.06. The van der Waals surface area contributed by atoms with E-state index in [9.17, 15) is 5.11 Å². The van der Waals surface area contributed by atoms with Crippen LogP contribution in [0.2, 0.25) is 0 Å². The van der Waals surface area contributed by atoms with Gasteiger partial charge in [-0.1, -0.05) is 13.8 Å². The van der Waals surface area contributed by atoms with Gasteiger partial charge in [-0.15, -0.1) is 0 Å². The highest BCUT2D eigenvalue weighted by atomic mass is 16.3. The smallest absolute Gasteiger partial charge is 0.128 e. The fourth-order valence-electron chi connectivity index (χ4n) is 1.39. The van der Waals surface area contributed by atoms with Crippen LogP contribution >= 0.6 is 0 Å². The van der Waals surface area contributed by atoms with E-state index >= 15 is 0 Å². The summed E-state index contributed by atoms with van der Waals surface area (Å²) in [5.41, 5.74) is 6.80. The van der Waals surface area contributed by atoms with Crippen molar-refractivity contribution in [2.45, 2.75) is 39.2 Å². The number of nitrogen functional groups attached to an aromatic ring is 1. The lowest BCUT2D eigenvalue weighted by Crippen LogP contribution is -2.35. The van der Waals surface area contributed by atoms with Crippen molar-refractivity contribution in [1.82, 2.24) is 4.98 Å². The first-order valence-corrected chi connectivity index (χ1v) is 5.69. The number of aliphatic hydroxyl groups is 1. The van der Waals surface area contributed by atoms with Gasteiger partial charge in [0.05, 0.1) is 5.60 Å². The maximum absolute atomic E-state index is 10.1. The van der Waals surface area contributed by atoms with Crippen LogP contribution in [-0.4, -0.2) is 22.2 Å². The van der Waals surface area contributed by atoms with E-state index < -0.39 is 5.60 Å². The van der Waals surface area contributed by atoms with Crippen LogP contribution in [0.1, 0.15) is 32.3 Å². The molecular formula is C12H21N3O. The third-order valence-corrected chi connectivity index (χ3v) is 3.06. The third kappa shape index (κ3) is 3.10. The van der Waals surface area contributed by atoms with Gasteiger partial charge in [-0.05, 0) is 25.3 Å². The van der Waals surface area contributed by atoms with Crippen LogP contribution in [0.25, 0.3) is 0 Å². The Bertz CT molecular complexity index is 348. The normalized spacial score (nSPS) is 11.5. The molecule has 4 N–H and O–H groups in total. The van der Waals surface area contributed by atoms with Crippen molar-refractivity contribution in [3.8, 4) is 0 Å². The second kappa shape index (κ2) is 5.16. The average Bonchev–Trinajstić information content (AvgIpc) is 2.30. The van der Waals surface area contributed by atoms with E-state index in [1.807, 2.05) is 20.8 Å². The molecule has 0 aliphatic heterocycles. The number of hydrogen-bond acceptors (Lipinski definition) is 4. The molecule has 1 aromatic rings. The van der Waals surface area contributed by atoms with Gasteiger partial charge < -0.3 is 16.2 Å². The fraction of sp³-hybridized carbons (Fsp3) is 0.583. The molecule has 1 heterocycles. The Kier molecular flexibility index (Phi) is 4.12. The van der Waals surface area contributed by atoms with Gasteiger partial charge >= 0.3 is 0 Å². The van der Waals surface area contributed by atoms with Crippen molar-refractivity contribution >= 4 is 11.5 Å². The first-order valence-electron chi connectivity index (χ1n) is 5.69. The Labute approximate surface area is 96.9 Å². The standard InChI is InChI=1S/C12H21N3O/c1-4-12(16,5-2)8-15-11-6-10(13)9(3)7-14-11/h6-7,16H,4-5,8H2,1-3H3,(H3,13,14,15). The summed E-state index contributed by atoms with van der Waals surface area (Å²) in [6.45, 7) is 6.36. The molecule has 0 atom stereocenters. The number of hydrogen-bond donors (Lipinski definition) is 3. The molecule has 0 amide bonds. The highest BCUT2D eigenvalue weighted by Crippen LogP contribution is 2.17. The number of nitrogens with two attached hydrogens (primary N) is 1. The number of nitrogens with zero attached hydrogens (tertiary/aromatic N) is 1. The molecule has 0 radical (unpaired) electrons. The molecule has 16 heavy (non-hydrogen) atoms. The minimum atomic E-state index is -0.665. The lowest BCUT2D eigenvalue weighted by atomic mass is 9.98. The van der Waals surface area contributed by atoms with E-state index in [1.54, 1.807) is 12.3 Å². The van der Waals surface area contributed by atoms with E-state index in [1.165, 1.54) is 0 Å². The van der Waals surface area contributed by atoms with Crippen LogP contribution in [0.4, 0.5) is 11.5 Å². The van der Waals surface area contributed by atoms with Crippen LogP contribution in [0.15, 0.2) is 12.3 Å². The SMILES string of the molecule is CCC(O)(CC)CNc1cc(N)c(C)cn1. The molecule has 0 spiro atoms. The number of rotatable bonds is 5. The minimum Gasteiger partial charge on any atom is -0.398 e. The topological polar surface area (TPSA) is 71.2 Å². The van der Waals surface area contributed by atoms with Gasteiger partial charge in [0.2, 0.25) is 0 Å². The zero-order valence-electron chi connectivity index (χ0n) is 10.2. The summed E-state index contributed by atoms with van der Waals surface area (Å²) in [5, 5.41) is 13.2. The molecule has 0 bridgehead atoms. The van der Waals surface area contributed by atoms with Crippen molar-refractivity contribution < 1.29 is 5.11 Å². The van der Waals surface area contributed by atoms with Crippen molar-refractivity contribution in [3.63, 3.8) is 0 Å². The Morgan fingerprint density at radius 2 is 2.06 bits per heavy atom. The summed E-state index contributed by atoms with van der Waals surface area (Å²) < 4.78 is 0. The van der Waals surface area contributed by atoms with Crippen molar-refractivity contribution in [2.75, 3.05) is 17.6 Å². The van der Waals surface area contributed by atoms with Gasteiger partial charge in [-0.25, -0.2) is 4.98 Å². The van der Waals surface area contributed by atoms with Crippen LogP contribution in [0.3, 0.4) is 0 Å². The van der Waals surface area contributed by atoms with Gasteiger partial charge in [0.1, 0.15) is 5.82 Å². The van der Waals surface area contributed by atoms with Crippen molar-refractivity contribution in [2.24, 2.45) is 0 Å². The molecule has 0 aliphatic rings. The molecule has 0 unspecified atom stereocenters. The largest absolute Gasteiger partial charge is 0.398 e. The molecular weight excluding hydrogens is 202 g/mol. The quantitative estimate of drug-likeness (QED) is 0.713. The zero-order valence-corrected chi connectivity index (χ0v) is 10.2. The van der Waals surface area contributed by atoms with E-state index in [0.29, 0.717) is 18.1 Å². The van der Waals surface area contributed by atoms with E-state index in [-0.39, 0.29) is 0 Å². The predicted molar refractivity (Wildman–Crippen MR) is 67.4 cm³/mol. The Balaban J connectivity index is 2.64. The van der Waals surface area contributed by atoms with Gasteiger partial charge in [-0.2, -0.15) is 0 Å². The molecule has 0 fully saturated rings. The van der Waals surface area contributed by atoms with Crippen LogP contribution < -0.4 is 11.1 Å². The lowest BCUT2D eigenvalue weighted by Gasteiger charge is -2.25. The Hall–Kier alpha value is -1.29. The zero-order chi connectivity index (χ0) is 12.2. The Morgan fingerprint density at radius 3 is 2.56 bits per heavy atom. The van der Waals surface area contributed by atoms with E-state index in [0.717, 1.165) is 18.4 Å². The number of aromatic nitrogens is 1. The first kappa shape index (κ1) is 12.8. The summed E-state index contributed by atoms with van der Waals surface area (Å²) in [5.74, 6) is 0.712. The predicted octanol–water partition coefficient (Wildman–Crippen LogP) is 1.94. The van der Waals surface area contributed by atoms with Gasteiger partial charge in [0.15, 0.2) is 0 Å². The minimum absolute atomic E-state index is 0.496. The summed E-state index contributed by atoms with van der Waals surface area (Å²) in [6, 6.07) is 1.79. The maximum Gasteiger partial charge on any atom is 0.128 e. The van der Waals surface area contributed by atoms with Crippen molar-refractivity contribution in [1.29, 1.82) is 0 Å². The molecule has 4 heteroatoms. The molecule has 4 nitrogen and oxygen atoms in total. The summed E-state index contributed by atoms with van der Waals surface area (Å²) in [4.78, 5) is 4.21. The molecule has 0 saturated heterocycles. The van der Waals surface area contributed by atoms with Gasteiger partial charge in [0, 0.05) is 24.5 Å². The second-order valence-corrected chi connectivity index (χ2v) is 4.21. The molecule has 90 valence electrons. The summed E-state index contributed by atoms with van der Waals surface area (Å²) in [6.07, 6.45) is 3.17. The number of anilines is 2. The fourth-order valence-corrected chi connectivity index (χ4v) is 1.39. The van der Waals surface area contributed by atoms with Crippen LogP contribution in [0.5, 0.6) is 0 Å². The molecule has 0 aliphatic carbocycles. The van der Waals surface area contributed by atoms with Crippen LogP contribution in [0, 0.1) is 6.92 Å². The van der Waals surface area contributed by atoms with Crippen LogP contribution in [-0.2, 0) is 0 Å². The number of nitrogens with one attached hydrogen (secondary N) is 1. The highest BCUT2D eigenvalue weighted by Gasteiger charge is 2.21. The van der Waals surface area contributed by atoms with Gasteiger partial charge in [-0.3, -0.25) is 0 Å². The number of pyridine rings is 1. The molecule has 0 saturated carbocycles. The van der Waals surface area contributed by atoms with E-state index in [4.69, 9.17) is 5.73 Å². The first-order chi connectivity index (χ1) is 7.50. The van der Waals surface area contributed by atoms with E-state index in [2.05, 4.69) is 10.3 Å². The second-order valence-electron chi connectivity index (χ2n) is 4.21. The highest BCUT2D eigenvalue weighted by molar-refractivity contribution is 5.53. The summed E-state index contributed by atoms with van der Waals surface area (Å²) in [7, 11) is 0. The molecule has 1 rings (SSSR count). The molecule has 1 aromatic heterocycles. The Morgan fingerprint density at radius 1 is 1.44 bits per heavy atom. The van der Waals surface area contributed by atoms with Crippen molar-refractivity contribution in [3.05, 3.63) is 17.8 Å². The summed E-state index contributed by atoms with van der Waals surface area (Å²) >= 11 is 0. The number of aryl methyl sites for hydroxylation is 1. The monoisotopic (exact) mass is 223 g/mol.